The van der Waals surface area contributed by atoms with Crippen molar-refractivity contribution in [3.63, 3.8) is 0 Å². The summed E-state index contributed by atoms with van der Waals surface area (Å²) in [5.74, 6) is 2.41. The van der Waals surface area contributed by atoms with E-state index in [0.29, 0.717) is 4.75 Å². The predicted molar refractivity (Wildman–Crippen MR) is 77.4 cm³/mol. The number of thioether (sulfide) groups is 1. The van der Waals surface area contributed by atoms with Crippen LogP contribution >= 0.6 is 11.8 Å². The Morgan fingerprint density at radius 3 is 3.22 bits per heavy atom. The highest BCUT2D eigenvalue weighted by molar-refractivity contribution is 8.00. The van der Waals surface area contributed by atoms with Gasteiger partial charge >= 0.3 is 0 Å². The van der Waals surface area contributed by atoms with Crippen molar-refractivity contribution in [1.82, 2.24) is 5.32 Å². The van der Waals surface area contributed by atoms with Crippen molar-refractivity contribution in [2.45, 2.75) is 37.5 Å². The number of benzene rings is 1. The molecule has 3 heteroatoms. The molecule has 0 spiro atoms. The van der Waals surface area contributed by atoms with Crippen molar-refractivity contribution in [3.05, 3.63) is 29.3 Å². The molecular formula is C15H21NOS. The second kappa shape index (κ2) is 5.14. The van der Waals surface area contributed by atoms with Gasteiger partial charge in [-0.25, -0.2) is 0 Å². The summed E-state index contributed by atoms with van der Waals surface area (Å²) >= 11 is 2.12. The van der Waals surface area contributed by atoms with Gasteiger partial charge in [0.15, 0.2) is 0 Å². The Hall–Kier alpha value is -0.670. The van der Waals surface area contributed by atoms with Gasteiger partial charge in [0.2, 0.25) is 0 Å². The molecular weight excluding hydrogens is 242 g/mol. The lowest BCUT2D eigenvalue weighted by Gasteiger charge is -2.23. The molecule has 2 aliphatic heterocycles. The third-order valence-electron chi connectivity index (χ3n) is 3.88. The number of hydrogen-bond acceptors (Lipinski definition) is 3. The zero-order valence-electron chi connectivity index (χ0n) is 11.0. The van der Waals surface area contributed by atoms with Crippen molar-refractivity contribution < 1.29 is 4.74 Å². The lowest BCUT2D eigenvalue weighted by atomic mass is 10.1. The second-order valence-electron chi connectivity index (χ2n) is 5.55. The van der Waals surface area contributed by atoms with Crippen LogP contribution in [0.3, 0.4) is 0 Å². The van der Waals surface area contributed by atoms with E-state index in [2.05, 4.69) is 42.2 Å². The molecule has 1 N–H and O–H groups in total. The minimum Gasteiger partial charge on any atom is -0.493 e. The molecule has 18 heavy (non-hydrogen) atoms. The largest absolute Gasteiger partial charge is 0.493 e. The summed E-state index contributed by atoms with van der Waals surface area (Å²) in [6, 6.07) is 6.59. The number of nitrogens with one attached hydrogen (secondary N) is 1. The standard InChI is InChI=1S/C15H21NOS/c1-15(6-2-8-18-15)11-16-10-12-3-4-14-13(9-12)5-7-17-14/h3-4,9,16H,2,5-8,10-11H2,1H3. The van der Waals surface area contributed by atoms with Crippen LogP contribution in [-0.2, 0) is 13.0 Å². The minimum atomic E-state index is 0.458. The third kappa shape index (κ3) is 2.67. The zero-order chi connectivity index (χ0) is 12.4. The Kier molecular flexibility index (Phi) is 3.53. The highest BCUT2D eigenvalue weighted by Gasteiger charge is 2.28. The first kappa shape index (κ1) is 12.4. The first-order chi connectivity index (χ1) is 8.75. The number of fused-ring (bicyclic) bond motifs is 1. The molecule has 1 saturated heterocycles. The van der Waals surface area contributed by atoms with Gasteiger partial charge in [-0.05, 0) is 42.7 Å². The summed E-state index contributed by atoms with van der Waals surface area (Å²) in [5, 5.41) is 3.61. The van der Waals surface area contributed by atoms with Gasteiger partial charge in [-0.15, -0.1) is 0 Å². The van der Waals surface area contributed by atoms with E-state index in [1.165, 1.54) is 29.7 Å². The van der Waals surface area contributed by atoms with Gasteiger partial charge in [-0.3, -0.25) is 0 Å². The molecule has 2 nitrogen and oxygen atoms in total. The highest BCUT2D eigenvalue weighted by Crippen LogP contribution is 2.37. The first-order valence-electron chi connectivity index (χ1n) is 6.84. The SMILES string of the molecule is CC1(CNCc2ccc3c(c2)CCO3)CCCS1. The predicted octanol–water partition coefficient (Wildman–Crippen LogP) is 3.00. The summed E-state index contributed by atoms with van der Waals surface area (Å²) < 4.78 is 5.99. The van der Waals surface area contributed by atoms with Crippen molar-refractivity contribution >= 4 is 11.8 Å². The van der Waals surface area contributed by atoms with Crippen LogP contribution in [0.15, 0.2) is 18.2 Å². The van der Waals surface area contributed by atoms with E-state index in [0.717, 1.165) is 31.9 Å². The Balaban J connectivity index is 1.54. The van der Waals surface area contributed by atoms with E-state index in [9.17, 15) is 0 Å². The molecule has 0 aromatic heterocycles. The van der Waals surface area contributed by atoms with Crippen LogP contribution in [0.2, 0.25) is 0 Å². The normalized spacial score (nSPS) is 26.1. The maximum Gasteiger partial charge on any atom is 0.122 e. The summed E-state index contributed by atoms with van der Waals surface area (Å²) in [6.45, 7) is 5.32. The van der Waals surface area contributed by atoms with E-state index in [1.54, 1.807) is 0 Å². The molecule has 0 bridgehead atoms. The second-order valence-corrected chi connectivity index (χ2v) is 7.23. The van der Waals surface area contributed by atoms with Gasteiger partial charge in [0.1, 0.15) is 5.75 Å². The third-order valence-corrected chi connectivity index (χ3v) is 5.42. The average Bonchev–Trinajstić information content (AvgIpc) is 2.97. The molecule has 0 saturated carbocycles. The Morgan fingerprint density at radius 1 is 1.44 bits per heavy atom. The van der Waals surface area contributed by atoms with Crippen LogP contribution in [0.4, 0.5) is 0 Å². The minimum absolute atomic E-state index is 0.458. The Labute approximate surface area is 113 Å². The molecule has 0 aliphatic carbocycles. The van der Waals surface area contributed by atoms with Gasteiger partial charge < -0.3 is 10.1 Å². The quantitative estimate of drug-likeness (QED) is 0.902. The highest BCUT2D eigenvalue weighted by atomic mass is 32.2. The lowest BCUT2D eigenvalue weighted by molar-refractivity contribution is 0.357. The Morgan fingerprint density at radius 2 is 2.39 bits per heavy atom. The number of rotatable bonds is 4. The van der Waals surface area contributed by atoms with E-state index in [1.807, 2.05) is 0 Å². The first-order valence-corrected chi connectivity index (χ1v) is 7.83. The van der Waals surface area contributed by atoms with Crippen LogP contribution in [0.1, 0.15) is 30.9 Å². The molecule has 1 fully saturated rings. The summed E-state index contributed by atoms with van der Waals surface area (Å²) in [7, 11) is 0. The molecule has 1 aromatic carbocycles. The molecule has 0 amide bonds. The maximum atomic E-state index is 5.53. The molecule has 1 unspecified atom stereocenters. The molecule has 3 rings (SSSR count). The number of ether oxygens (including phenoxy) is 1. The van der Waals surface area contributed by atoms with Crippen molar-refractivity contribution in [3.8, 4) is 5.75 Å². The van der Waals surface area contributed by atoms with Gasteiger partial charge in [-0.2, -0.15) is 11.8 Å². The molecule has 1 aromatic rings. The summed E-state index contributed by atoms with van der Waals surface area (Å²) in [4.78, 5) is 0. The van der Waals surface area contributed by atoms with E-state index < -0.39 is 0 Å². The molecule has 2 aliphatic rings. The van der Waals surface area contributed by atoms with E-state index in [-0.39, 0.29) is 0 Å². The van der Waals surface area contributed by atoms with Crippen LogP contribution in [0.5, 0.6) is 5.75 Å². The Bertz CT molecular complexity index is 427. The molecule has 0 radical (unpaired) electrons. The fourth-order valence-electron chi connectivity index (χ4n) is 2.80. The van der Waals surface area contributed by atoms with Gasteiger partial charge in [-0.1, -0.05) is 12.1 Å². The van der Waals surface area contributed by atoms with Crippen LogP contribution in [0, 0.1) is 0 Å². The smallest absolute Gasteiger partial charge is 0.122 e. The van der Waals surface area contributed by atoms with Gasteiger partial charge in [0, 0.05) is 24.3 Å². The van der Waals surface area contributed by atoms with Gasteiger partial charge in [0.05, 0.1) is 6.61 Å². The summed E-state index contributed by atoms with van der Waals surface area (Å²) in [5.41, 5.74) is 2.75. The summed E-state index contributed by atoms with van der Waals surface area (Å²) in [6.07, 6.45) is 3.79. The van der Waals surface area contributed by atoms with Crippen LogP contribution < -0.4 is 10.1 Å². The average molecular weight is 263 g/mol. The van der Waals surface area contributed by atoms with E-state index in [4.69, 9.17) is 4.74 Å². The maximum absolute atomic E-state index is 5.53. The molecule has 98 valence electrons. The fourth-order valence-corrected chi connectivity index (χ4v) is 4.07. The number of hydrogen-bond donors (Lipinski definition) is 1. The lowest BCUT2D eigenvalue weighted by Crippen LogP contribution is -2.32. The van der Waals surface area contributed by atoms with Crippen molar-refractivity contribution in [2.24, 2.45) is 0 Å². The zero-order valence-corrected chi connectivity index (χ0v) is 11.8. The van der Waals surface area contributed by atoms with E-state index >= 15 is 0 Å². The van der Waals surface area contributed by atoms with Crippen LogP contribution in [0.25, 0.3) is 0 Å². The van der Waals surface area contributed by atoms with Gasteiger partial charge in [0.25, 0.3) is 0 Å². The van der Waals surface area contributed by atoms with Crippen LogP contribution in [-0.4, -0.2) is 23.7 Å². The topological polar surface area (TPSA) is 21.3 Å². The monoisotopic (exact) mass is 263 g/mol. The van der Waals surface area contributed by atoms with Crippen molar-refractivity contribution in [2.75, 3.05) is 18.9 Å². The molecule has 2 heterocycles. The van der Waals surface area contributed by atoms with Crippen molar-refractivity contribution in [1.29, 1.82) is 0 Å². The fraction of sp³-hybridized carbons (Fsp3) is 0.600. The molecule has 1 atom stereocenters.